The number of hydrogen-bond acceptors (Lipinski definition) is 1. The number of aromatic nitrogens is 3. The number of fused-ring (bicyclic) bond motifs is 5. The molecule has 3 aromatic heterocycles. The molecule has 3 nitrogen and oxygen atoms in total. The van der Waals surface area contributed by atoms with Gasteiger partial charge in [0.1, 0.15) is 5.65 Å². The fourth-order valence-corrected chi connectivity index (χ4v) is 3.32. The van der Waals surface area contributed by atoms with Crippen LogP contribution in [0.15, 0.2) is 73.1 Å². The van der Waals surface area contributed by atoms with Crippen LogP contribution >= 0.6 is 0 Å². The van der Waals surface area contributed by atoms with Crippen molar-refractivity contribution in [1.82, 2.24) is 14.5 Å². The molecule has 0 spiro atoms. The Kier molecular flexibility index (Phi) is 2.22. The van der Waals surface area contributed by atoms with Crippen molar-refractivity contribution >= 4 is 32.8 Å². The summed E-state index contributed by atoms with van der Waals surface area (Å²) in [6.45, 7) is 0. The lowest BCUT2D eigenvalue weighted by Gasteiger charge is -2.06. The van der Waals surface area contributed by atoms with Crippen LogP contribution in [0.3, 0.4) is 0 Å². The first-order chi connectivity index (χ1) is 10.9. The lowest BCUT2D eigenvalue weighted by molar-refractivity contribution is 1.15. The Hall–Kier alpha value is -3.07. The first-order valence-corrected chi connectivity index (χ1v) is 7.34. The van der Waals surface area contributed by atoms with E-state index in [1.807, 2.05) is 18.5 Å². The molecule has 0 fully saturated rings. The Bertz CT molecular complexity index is 1120. The molecular formula is C19H13N3. The summed E-state index contributed by atoms with van der Waals surface area (Å²) in [6.07, 6.45) is 3.74. The Morgan fingerprint density at radius 2 is 1.64 bits per heavy atom. The van der Waals surface area contributed by atoms with Gasteiger partial charge in [-0.3, -0.25) is 9.55 Å². The van der Waals surface area contributed by atoms with E-state index in [9.17, 15) is 0 Å². The Balaban J connectivity index is 2.07. The van der Waals surface area contributed by atoms with Crippen molar-refractivity contribution in [3.05, 3.63) is 73.1 Å². The maximum atomic E-state index is 4.23. The molecule has 3 heterocycles. The number of hydrogen-bond donors (Lipinski definition) is 1. The quantitative estimate of drug-likeness (QED) is 0.477. The van der Waals surface area contributed by atoms with Gasteiger partial charge in [0.2, 0.25) is 0 Å². The highest BCUT2D eigenvalue weighted by Crippen LogP contribution is 2.36. The molecule has 1 N–H and O–H groups in total. The smallest absolute Gasteiger partial charge is 0.124 e. The van der Waals surface area contributed by atoms with E-state index in [2.05, 4.69) is 69.1 Å². The number of H-pyrrole nitrogens is 1. The molecule has 0 bridgehead atoms. The normalized spacial score (nSPS) is 11.6. The van der Waals surface area contributed by atoms with Crippen molar-refractivity contribution in [1.29, 1.82) is 0 Å². The average molecular weight is 283 g/mol. The number of benzene rings is 2. The largest absolute Gasteiger partial charge is 0.339 e. The number of rotatable bonds is 1. The van der Waals surface area contributed by atoms with Crippen LogP contribution in [0, 0.1) is 0 Å². The molecule has 5 rings (SSSR count). The SMILES string of the molecule is c1ccc(-n2c3ccccc3c3c4ccncc4[nH]c32)cc1. The molecule has 5 aromatic rings. The van der Waals surface area contributed by atoms with Crippen LogP contribution in [0.2, 0.25) is 0 Å². The van der Waals surface area contributed by atoms with E-state index in [1.165, 1.54) is 21.7 Å². The predicted octanol–water partition coefficient (Wildman–Crippen LogP) is 4.66. The maximum absolute atomic E-state index is 4.23. The van der Waals surface area contributed by atoms with Crippen LogP contribution in [-0.4, -0.2) is 14.5 Å². The maximum Gasteiger partial charge on any atom is 0.124 e. The van der Waals surface area contributed by atoms with E-state index in [1.54, 1.807) is 0 Å². The minimum Gasteiger partial charge on any atom is -0.339 e. The summed E-state index contributed by atoms with van der Waals surface area (Å²) in [4.78, 5) is 7.76. The average Bonchev–Trinajstić information content (AvgIpc) is 3.10. The van der Waals surface area contributed by atoms with E-state index in [4.69, 9.17) is 0 Å². The van der Waals surface area contributed by atoms with Crippen LogP contribution in [0.1, 0.15) is 0 Å². The van der Waals surface area contributed by atoms with Crippen LogP contribution < -0.4 is 0 Å². The highest BCUT2D eigenvalue weighted by Gasteiger charge is 2.16. The van der Waals surface area contributed by atoms with E-state index in [0.29, 0.717) is 0 Å². The molecule has 22 heavy (non-hydrogen) atoms. The van der Waals surface area contributed by atoms with Gasteiger partial charge in [-0.1, -0.05) is 36.4 Å². The predicted molar refractivity (Wildman–Crippen MR) is 90.4 cm³/mol. The minimum atomic E-state index is 1.07. The van der Waals surface area contributed by atoms with Crippen molar-refractivity contribution < 1.29 is 0 Å². The number of nitrogens with zero attached hydrogens (tertiary/aromatic N) is 2. The summed E-state index contributed by atoms with van der Waals surface area (Å²) in [5.74, 6) is 0. The van der Waals surface area contributed by atoms with Gasteiger partial charge >= 0.3 is 0 Å². The zero-order valence-electron chi connectivity index (χ0n) is 11.8. The van der Waals surface area contributed by atoms with Crippen molar-refractivity contribution in [3.63, 3.8) is 0 Å². The van der Waals surface area contributed by atoms with Crippen LogP contribution in [0.4, 0.5) is 0 Å². The lowest BCUT2D eigenvalue weighted by atomic mass is 10.1. The van der Waals surface area contributed by atoms with Gasteiger partial charge in [-0.2, -0.15) is 0 Å². The molecule has 104 valence electrons. The first-order valence-electron chi connectivity index (χ1n) is 7.34. The second-order valence-corrected chi connectivity index (χ2v) is 5.46. The summed E-state index contributed by atoms with van der Waals surface area (Å²) in [6, 6.07) is 21.1. The molecule has 3 heteroatoms. The molecule has 0 saturated heterocycles. The summed E-state index contributed by atoms with van der Waals surface area (Å²) >= 11 is 0. The molecule has 0 aliphatic heterocycles. The Morgan fingerprint density at radius 3 is 2.55 bits per heavy atom. The third-order valence-electron chi connectivity index (χ3n) is 4.23. The van der Waals surface area contributed by atoms with Gasteiger partial charge in [0.15, 0.2) is 0 Å². The van der Waals surface area contributed by atoms with Crippen LogP contribution in [0.25, 0.3) is 38.5 Å². The van der Waals surface area contributed by atoms with E-state index >= 15 is 0 Å². The van der Waals surface area contributed by atoms with E-state index in [-0.39, 0.29) is 0 Å². The highest BCUT2D eigenvalue weighted by atomic mass is 15.1. The monoisotopic (exact) mass is 283 g/mol. The van der Waals surface area contributed by atoms with E-state index < -0.39 is 0 Å². The van der Waals surface area contributed by atoms with Gasteiger partial charge in [-0.05, 0) is 24.3 Å². The van der Waals surface area contributed by atoms with Gasteiger partial charge in [-0.15, -0.1) is 0 Å². The summed E-state index contributed by atoms with van der Waals surface area (Å²) in [7, 11) is 0. The van der Waals surface area contributed by atoms with Crippen molar-refractivity contribution in [2.75, 3.05) is 0 Å². The summed E-state index contributed by atoms with van der Waals surface area (Å²) < 4.78 is 2.28. The fraction of sp³-hybridized carbons (Fsp3) is 0. The molecule has 0 atom stereocenters. The zero-order chi connectivity index (χ0) is 14.5. The standard InChI is InChI=1S/C19H13N3/c1-2-6-13(7-3-1)22-17-9-5-4-8-15(17)18-14-10-11-20-12-16(14)21-19(18)22/h1-12,21H. The zero-order valence-corrected chi connectivity index (χ0v) is 11.8. The highest BCUT2D eigenvalue weighted by molar-refractivity contribution is 6.21. The molecule has 2 aromatic carbocycles. The second-order valence-electron chi connectivity index (χ2n) is 5.46. The molecular weight excluding hydrogens is 270 g/mol. The molecule has 0 aliphatic rings. The minimum absolute atomic E-state index is 1.07. The topological polar surface area (TPSA) is 33.6 Å². The molecule has 0 unspecified atom stereocenters. The summed E-state index contributed by atoms with van der Waals surface area (Å²) in [5.41, 5.74) is 4.57. The number of aromatic amines is 1. The molecule has 0 saturated carbocycles. The number of para-hydroxylation sites is 2. The lowest BCUT2D eigenvalue weighted by Crippen LogP contribution is -1.93. The summed E-state index contributed by atoms with van der Waals surface area (Å²) in [5, 5.41) is 3.74. The van der Waals surface area contributed by atoms with Crippen molar-refractivity contribution in [2.45, 2.75) is 0 Å². The van der Waals surface area contributed by atoms with Crippen molar-refractivity contribution in [3.8, 4) is 5.69 Å². The Morgan fingerprint density at radius 1 is 0.818 bits per heavy atom. The van der Waals surface area contributed by atoms with Crippen molar-refractivity contribution in [2.24, 2.45) is 0 Å². The van der Waals surface area contributed by atoms with Gasteiger partial charge in [0, 0.05) is 28.0 Å². The first kappa shape index (κ1) is 11.6. The van der Waals surface area contributed by atoms with Gasteiger partial charge in [0.25, 0.3) is 0 Å². The Labute approximate surface area is 126 Å². The fourth-order valence-electron chi connectivity index (χ4n) is 3.32. The van der Waals surface area contributed by atoms with Gasteiger partial charge in [-0.25, -0.2) is 0 Å². The third-order valence-corrected chi connectivity index (χ3v) is 4.23. The molecule has 0 amide bonds. The van der Waals surface area contributed by atoms with Crippen LogP contribution in [0.5, 0.6) is 0 Å². The van der Waals surface area contributed by atoms with Crippen LogP contribution in [-0.2, 0) is 0 Å². The van der Waals surface area contributed by atoms with Gasteiger partial charge < -0.3 is 4.98 Å². The van der Waals surface area contributed by atoms with Gasteiger partial charge in [0.05, 0.1) is 17.2 Å². The number of nitrogens with one attached hydrogen (secondary N) is 1. The number of pyridine rings is 1. The second kappa shape index (κ2) is 4.21. The molecule has 0 radical (unpaired) electrons. The van der Waals surface area contributed by atoms with E-state index in [0.717, 1.165) is 16.9 Å². The molecule has 0 aliphatic carbocycles. The third kappa shape index (κ3) is 1.42.